The minimum Gasteiger partial charge on any atom is -0.371 e. The second-order valence-electron chi connectivity index (χ2n) is 6.74. The number of carbonyl (C=O) groups excluding carboxylic acids is 1. The van der Waals surface area contributed by atoms with Crippen LogP contribution in [0.5, 0.6) is 0 Å². The Labute approximate surface area is 175 Å². The molecule has 0 saturated carbocycles. The fourth-order valence-corrected chi connectivity index (χ4v) is 4.30. The van der Waals surface area contributed by atoms with Crippen molar-refractivity contribution in [3.63, 3.8) is 0 Å². The van der Waals surface area contributed by atoms with Crippen LogP contribution in [0.1, 0.15) is 23.2 Å². The maximum Gasteiger partial charge on any atom is 0.257 e. The molecule has 0 aliphatic carbocycles. The molecule has 1 amide bonds. The topological polar surface area (TPSA) is 69.7 Å². The number of nitrogens with zero attached hydrogens (tertiary/aromatic N) is 2. The molecule has 1 saturated heterocycles. The number of anilines is 2. The smallest absolute Gasteiger partial charge is 0.257 e. The van der Waals surface area contributed by atoms with Gasteiger partial charge < -0.3 is 10.2 Å². The van der Waals surface area contributed by atoms with E-state index in [0.717, 1.165) is 30.2 Å². The van der Waals surface area contributed by atoms with Crippen molar-refractivity contribution >= 4 is 50.5 Å². The predicted molar refractivity (Wildman–Crippen MR) is 113 cm³/mol. The van der Waals surface area contributed by atoms with Gasteiger partial charge in [0, 0.05) is 38.6 Å². The number of carbonyl (C=O) groups is 1. The molecule has 1 N–H and O–H groups in total. The van der Waals surface area contributed by atoms with Gasteiger partial charge in [-0.1, -0.05) is 23.2 Å². The van der Waals surface area contributed by atoms with Crippen molar-refractivity contribution in [2.75, 3.05) is 37.4 Å². The summed E-state index contributed by atoms with van der Waals surface area (Å²) in [5.41, 5.74) is 1.50. The van der Waals surface area contributed by atoms with Crippen LogP contribution in [0.4, 0.5) is 11.4 Å². The van der Waals surface area contributed by atoms with Crippen LogP contribution in [0.15, 0.2) is 41.3 Å². The molecule has 1 fully saturated rings. The van der Waals surface area contributed by atoms with Crippen LogP contribution in [-0.4, -0.2) is 45.8 Å². The van der Waals surface area contributed by atoms with Crippen molar-refractivity contribution < 1.29 is 13.2 Å². The van der Waals surface area contributed by atoms with Gasteiger partial charge in [0.2, 0.25) is 10.0 Å². The highest BCUT2D eigenvalue weighted by Gasteiger charge is 2.24. The summed E-state index contributed by atoms with van der Waals surface area (Å²) in [4.78, 5) is 15.2. The zero-order valence-electron chi connectivity index (χ0n) is 15.6. The minimum atomic E-state index is -3.66. The Hall–Kier alpha value is -1.80. The molecule has 1 aliphatic rings. The number of rotatable bonds is 5. The third kappa shape index (κ3) is 4.27. The van der Waals surface area contributed by atoms with Crippen LogP contribution in [0.2, 0.25) is 10.0 Å². The number of benzene rings is 2. The SMILES string of the molecule is CN(C)S(=O)(=O)c1ccc(N2CCCC2)c(C(=O)Nc2ccc(Cl)c(Cl)c2)c1. The van der Waals surface area contributed by atoms with Gasteiger partial charge in [-0.05, 0) is 49.2 Å². The maximum absolute atomic E-state index is 13.0. The zero-order chi connectivity index (χ0) is 20.5. The van der Waals surface area contributed by atoms with Gasteiger partial charge in [-0.25, -0.2) is 12.7 Å². The van der Waals surface area contributed by atoms with Gasteiger partial charge in [-0.15, -0.1) is 0 Å². The lowest BCUT2D eigenvalue weighted by molar-refractivity contribution is 0.102. The standard InChI is InChI=1S/C19H21Cl2N3O3S/c1-23(2)28(26,27)14-6-8-18(24-9-3-4-10-24)15(12-14)19(25)22-13-5-7-16(20)17(21)11-13/h5-8,11-12H,3-4,9-10H2,1-2H3,(H,22,25). The fourth-order valence-electron chi connectivity index (χ4n) is 3.07. The van der Waals surface area contributed by atoms with Crippen molar-refractivity contribution in [2.24, 2.45) is 0 Å². The molecule has 6 nitrogen and oxygen atoms in total. The summed E-state index contributed by atoms with van der Waals surface area (Å²) in [6, 6.07) is 9.45. The molecule has 9 heteroatoms. The predicted octanol–water partition coefficient (Wildman–Crippen LogP) is 4.10. The molecule has 28 heavy (non-hydrogen) atoms. The molecule has 0 radical (unpaired) electrons. The van der Waals surface area contributed by atoms with Crippen LogP contribution in [0.3, 0.4) is 0 Å². The first-order valence-electron chi connectivity index (χ1n) is 8.78. The molecule has 0 spiro atoms. The maximum atomic E-state index is 13.0. The second-order valence-corrected chi connectivity index (χ2v) is 9.71. The van der Waals surface area contributed by atoms with E-state index in [0.29, 0.717) is 27.0 Å². The summed E-state index contributed by atoms with van der Waals surface area (Å²) in [6.45, 7) is 1.65. The second kappa shape index (κ2) is 8.29. The van der Waals surface area contributed by atoms with E-state index < -0.39 is 15.9 Å². The monoisotopic (exact) mass is 441 g/mol. The van der Waals surface area contributed by atoms with E-state index in [-0.39, 0.29) is 4.90 Å². The van der Waals surface area contributed by atoms with Gasteiger partial charge in [-0.2, -0.15) is 0 Å². The van der Waals surface area contributed by atoms with E-state index in [9.17, 15) is 13.2 Å². The molecular formula is C19H21Cl2N3O3S. The number of halogens is 2. The van der Waals surface area contributed by atoms with Crippen LogP contribution < -0.4 is 10.2 Å². The summed E-state index contributed by atoms with van der Waals surface area (Å²) >= 11 is 11.9. The van der Waals surface area contributed by atoms with Crippen LogP contribution in [0, 0.1) is 0 Å². The lowest BCUT2D eigenvalue weighted by Crippen LogP contribution is -2.25. The average Bonchev–Trinajstić information content (AvgIpc) is 3.18. The summed E-state index contributed by atoms with van der Waals surface area (Å²) in [6.07, 6.45) is 2.07. The Balaban J connectivity index is 2.01. The average molecular weight is 442 g/mol. The number of amides is 1. The van der Waals surface area contributed by atoms with Crippen LogP contribution in [0.25, 0.3) is 0 Å². The van der Waals surface area contributed by atoms with E-state index in [1.54, 1.807) is 30.3 Å². The highest BCUT2D eigenvalue weighted by atomic mass is 35.5. The van der Waals surface area contributed by atoms with Crippen molar-refractivity contribution in [1.29, 1.82) is 0 Å². The van der Waals surface area contributed by atoms with E-state index in [2.05, 4.69) is 10.2 Å². The molecule has 0 bridgehead atoms. The third-order valence-electron chi connectivity index (χ3n) is 4.62. The van der Waals surface area contributed by atoms with Crippen molar-refractivity contribution in [1.82, 2.24) is 4.31 Å². The summed E-state index contributed by atoms with van der Waals surface area (Å²) in [7, 11) is -0.747. The Morgan fingerprint density at radius 1 is 1.04 bits per heavy atom. The minimum absolute atomic E-state index is 0.0692. The third-order valence-corrected chi connectivity index (χ3v) is 7.17. The summed E-state index contributed by atoms with van der Waals surface area (Å²) < 4.78 is 26.2. The Morgan fingerprint density at radius 2 is 1.71 bits per heavy atom. The lowest BCUT2D eigenvalue weighted by Gasteiger charge is -2.22. The largest absolute Gasteiger partial charge is 0.371 e. The quantitative estimate of drug-likeness (QED) is 0.757. The number of hydrogen-bond acceptors (Lipinski definition) is 4. The zero-order valence-corrected chi connectivity index (χ0v) is 17.9. The molecule has 3 rings (SSSR count). The van der Waals surface area contributed by atoms with Gasteiger partial charge in [0.05, 0.1) is 20.5 Å². The summed E-state index contributed by atoms with van der Waals surface area (Å²) in [5.74, 6) is -0.406. The van der Waals surface area contributed by atoms with E-state index in [1.807, 2.05) is 0 Å². The number of sulfonamides is 1. The van der Waals surface area contributed by atoms with E-state index in [1.165, 1.54) is 20.2 Å². The fraction of sp³-hybridized carbons (Fsp3) is 0.316. The molecule has 1 heterocycles. The highest BCUT2D eigenvalue weighted by Crippen LogP contribution is 2.30. The lowest BCUT2D eigenvalue weighted by atomic mass is 10.1. The first-order valence-corrected chi connectivity index (χ1v) is 11.0. The highest BCUT2D eigenvalue weighted by molar-refractivity contribution is 7.89. The first-order chi connectivity index (χ1) is 13.2. The normalized spacial score (nSPS) is 14.5. The van der Waals surface area contributed by atoms with Crippen molar-refractivity contribution in [3.8, 4) is 0 Å². The van der Waals surface area contributed by atoms with Crippen LogP contribution in [-0.2, 0) is 10.0 Å². The first kappa shape index (κ1) is 20.9. The number of nitrogens with one attached hydrogen (secondary N) is 1. The molecule has 2 aromatic rings. The van der Waals surface area contributed by atoms with Gasteiger partial charge in [0.15, 0.2) is 0 Å². The van der Waals surface area contributed by atoms with E-state index >= 15 is 0 Å². The van der Waals surface area contributed by atoms with Crippen molar-refractivity contribution in [2.45, 2.75) is 17.7 Å². The Bertz CT molecular complexity index is 1000. The molecule has 0 aromatic heterocycles. The molecule has 0 atom stereocenters. The number of hydrogen-bond donors (Lipinski definition) is 1. The Kier molecular flexibility index (Phi) is 6.19. The van der Waals surface area contributed by atoms with Crippen LogP contribution >= 0.6 is 23.2 Å². The van der Waals surface area contributed by atoms with Gasteiger partial charge in [0.25, 0.3) is 5.91 Å². The Morgan fingerprint density at radius 3 is 2.32 bits per heavy atom. The van der Waals surface area contributed by atoms with Gasteiger partial charge in [0.1, 0.15) is 0 Å². The molecule has 150 valence electrons. The molecule has 2 aromatic carbocycles. The molecular weight excluding hydrogens is 421 g/mol. The van der Waals surface area contributed by atoms with Gasteiger partial charge >= 0.3 is 0 Å². The summed E-state index contributed by atoms with van der Waals surface area (Å²) in [5, 5.41) is 3.49. The van der Waals surface area contributed by atoms with Crippen molar-refractivity contribution in [3.05, 3.63) is 52.0 Å². The van der Waals surface area contributed by atoms with E-state index in [4.69, 9.17) is 23.2 Å². The molecule has 0 unspecified atom stereocenters. The molecule has 1 aliphatic heterocycles. The van der Waals surface area contributed by atoms with Gasteiger partial charge in [-0.3, -0.25) is 4.79 Å².